The summed E-state index contributed by atoms with van der Waals surface area (Å²) in [7, 11) is 1.47. The molecule has 1 saturated heterocycles. The normalized spacial score (nSPS) is 16.0. The van der Waals surface area contributed by atoms with E-state index in [2.05, 4.69) is 0 Å². The van der Waals surface area contributed by atoms with Crippen molar-refractivity contribution in [3.63, 3.8) is 0 Å². The second-order valence-corrected chi connectivity index (χ2v) is 4.97. The van der Waals surface area contributed by atoms with Gasteiger partial charge in [-0.1, -0.05) is 0 Å². The Bertz CT molecular complexity index is 483. The molecule has 0 saturated carbocycles. The lowest BCUT2D eigenvalue weighted by atomic mass is 10.1. The van der Waals surface area contributed by atoms with Gasteiger partial charge < -0.3 is 24.6 Å². The van der Waals surface area contributed by atoms with Crippen LogP contribution in [0.1, 0.15) is 23.2 Å². The number of likely N-dealkylation sites (tertiary alicyclic amines) is 1. The average molecular weight is 295 g/mol. The predicted octanol–water partition coefficient (Wildman–Crippen LogP) is 1.01. The second-order valence-electron chi connectivity index (χ2n) is 4.97. The van der Waals surface area contributed by atoms with Gasteiger partial charge in [-0.2, -0.15) is 0 Å². The number of aromatic hydroxyl groups is 1. The summed E-state index contributed by atoms with van der Waals surface area (Å²) in [5.74, 6) is 0.209. The number of ether oxygens (including phenoxy) is 2. The van der Waals surface area contributed by atoms with E-state index in [0.717, 1.165) is 12.8 Å². The zero-order valence-corrected chi connectivity index (χ0v) is 12.1. The van der Waals surface area contributed by atoms with Crippen LogP contribution in [-0.2, 0) is 4.74 Å². The molecule has 2 rings (SSSR count). The number of carbonyl (C=O) groups excluding carboxylic acids is 1. The summed E-state index contributed by atoms with van der Waals surface area (Å²) in [5.41, 5.74) is 0.447. The minimum Gasteiger partial charge on any atom is -0.504 e. The molecule has 0 aliphatic carbocycles. The number of hydrogen-bond donors (Lipinski definition) is 2. The number of amides is 1. The van der Waals surface area contributed by atoms with Crippen LogP contribution in [0.3, 0.4) is 0 Å². The van der Waals surface area contributed by atoms with Crippen LogP contribution in [0.4, 0.5) is 0 Å². The van der Waals surface area contributed by atoms with E-state index in [1.165, 1.54) is 13.2 Å². The van der Waals surface area contributed by atoms with Crippen molar-refractivity contribution in [3.8, 4) is 11.5 Å². The summed E-state index contributed by atoms with van der Waals surface area (Å²) in [6.45, 7) is 1.58. The van der Waals surface area contributed by atoms with Gasteiger partial charge in [0.25, 0.3) is 5.91 Å². The minimum absolute atomic E-state index is 0.0181. The molecule has 0 atom stereocenters. The van der Waals surface area contributed by atoms with E-state index in [9.17, 15) is 9.90 Å². The molecule has 0 bridgehead atoms. The Morgan fingerprint density at radius 1 is 1.38 bits per heavy atom. The summed E-state index contributed by atoms with van der Waals surface area (Å²) >= 11 is 0. The maximum absolute atomic E-state index is 12.4. The molecule has 116 valence electrons. The van der Waals surface area contributed by atoms with Crippen LogP contribution >= 0.6 is 0 Å². The van der Waals surface area contributed by atoms with Crippen LogP contribution < -0.4 is 4.74 Å². The number of piperidine rings is 1. The van der Waals surface area contributed by atoms with Gasteiger partial charge in [-0.3, -0.25) is 4.79 Å². The Morgan fingerprint density at radius 2 is 2.10 bits per heavy atom. The van der Waals surface area contributed by atoms with Gasteiger partial charge in [-0.15, -0.1) is 0 Å². The minimum atomic E-state index is -0.103. The van der Waals surface area contributed by atoms with Crippen LogP contribution in [-0.4, -0.2) is 60.5 Å². The summed E-state index contributed by atoms with van der Waals surface area (Å²) in [4.78, 5) is 14.1. The van der Waals surface area contributed by atoms with Gasteiger partial charge in [0.15, 0.2) is 11.5 Å². The quantitative estimate of drug-likeness (QED) is 0.847. The van der Waals surface area contributed by atoms with E-state index in [-0.39, 0.29) is 24.4 Å². The van der Waals surface area contributed by atoms with E-state index in [1.54, 1.807) is 17.0 Å². The zero-order chi connectivity index (χ0) is 15.2. The molecule has 1 aromatic rings. The van der Waals surface area contributed by atoms with Gasteiger partial charge in [0.1, 0.15) is 0 Å². The maximum Gasteiger partial charge on any atom is 0.253 e. The number of phenols is 1. The SMILES string of the molecule is COc1ccc(C(=O)N2CCC(OCCO)CC2)cc1O. The topological polar surface area (TPSA) is 79.2 Å². The zero-order valence-electron chi connectivity index (χ0n) is 12.1. The molecule has 2 N–H and O–H groups in total. The first-order chi connectivity index (χ1) is 10.2. The number of aliphatic hydroxyl groups is 1. The predicted molar refractivity (Wildman–Crippen MR) is 76.6 cm³/mol. The van der Waals surface area contributed by atoms with Crippen molar-refractivity contribution < 1.29 is 24.5 Å². The molecule has 1 aliphatic heterocycles. The van der Waals surface area contributed by atoms with Crippen molar-refractivity contribution in [1.82, 2.24) is 4.90 Å². The number of phenolic OH excluding ortho intramolecular Hbond substituents is 1. The lowest BCUT2D eigenvalue weighted by Gasteiger charge is -2.32. The van der Waals surface area contributed by atoms with E-state index in [4.69, 9.17) is 14.6 Å². The smallest absolute Gasteiger partial charge is 0.253 e. The lowest BCUT2D eigenvalue weighted by Crippen LogP contribution is -2.41. The van der Waals surface area contributed by atoms with Crippen LogP contribution in [0.5, 0.6) is 11.5 Å². The molecule has 21 heavy (non-hydrogen) atoms. The highest BCUT2D eigenvalue weighted by Gasteiger charge is 2.24. The number of carbonyl (C=O) groups is 1. The Balaban J connectivity index is 1.94. The molecule has 0 spiro atoms. The van der Waals surface area contributed by atoms with Crippen LogP contribution in [0.25, 0.3) is 0 Å². The molecule has 1 aliphatic rings. The molecule has 1 aromatic carbocycles. The Hall–Kier alpha value is -1.79. The van der Waals surface area contributed by atoms with Gasteiger partial charge in [-0.25, -0.2) is 0 Å². The van der Waals surface area contributed by atoms with Gasteiger partial charge in [0.05, 0.1) is 26.4 Å². The fourth-order valence-electron chi connectivity index (χ4n) is 2.45. The number of nitrogens with zero attached hydrogens (tertiary/aromatic N) is 1. The third-order valence-corrected chi connectivity index (χ3v) is 3.60. The number of methoxy groups -OCH3 is 1. The monoisotopic (exact) mass is 295 g/mol. The Morgan fingerprint density at radius 3 is 2.67 bits per heavy atom. The highest BCUT2D eigenvalue weighted by atomic mass is 16.5. The first-order valence-corrected chi connectivity index (χ1v) is 7.04. The average Bonchev–Trinajstić information content (AvgIpc) is 2.52. The number of rotatable bonds is 5. The maximum atomic E-state index is 12.4. The van der Waals surface area contributed by atoms with Crippen molar-refractivity contribution in [2.24, 2.45) is 0 Å². The summed E-state index contributed by atoms with van der Waals surface area (Å²) in [6.07, 6.45) is 1.62. The Labute approximate surface area is 123 Å². The van der Waals surface area contributed by atoms with E-state index >= 15 is 0 Å². The van der Waals surface area contributed by atoms with Crippen molar-refractivity contribution in [2.45, 2.75) is 18.9 Å². The standard InChI is InChI=1S/C15H21NO5/c1-20-14-3-2-11(10-13(14)18)15(19)16-6-4-12(5-7-16)21-9-8-17/h2-3,10,12,17-18H,4-9H2,1H3. The van der Waals surface area contributed by atoms with Crippen molar-refractivity contribution in [1.29, 1.82) is 0 Å². The molecule has 0 aromatic heterocycles. The van der Waals surface area contributed by atoms with Crippen LogP contribution in [0.15, 0.2) is 18.2 Å². The molecule has 1 amide bonds. The third kappa shape index (κ3) is 3.86. The lowest BCUT2D eigenvalue weighted by molar-refractivity contribution is -0.00554. The molecule has 6 heteroatoms. The fraction of sp³-hybridized carbons (Fsp3) is 0.533. The number of aliphatic hydroxyl groups excluding tert-OH is 1. The van der Waals surface area contributed by atoms with E-state index in [0.29, 0.717) is 31.0 Å². The molecule has 0 radical (unpaired) electrons. The van der Waals surface area contributed by atoms with Gasteiger partial charge in [-0.05, 0) is 31.0 Å². The van der Waals surface area contributed by atoms with Crippen LogP contribution in [0, 0.1) is 0 Å². The molecule has 0 unspecified atom stereocenters. The molecule has 1 fully saturated rings. The summed E-state index contributed by atoms with van der Waals surface area (Å²) in [6, 6.07) is 4.66. The summed E-state index contributed by atoms with van der Waals surface area (Å²) < 4.78 is 10.4. The highest BCUT2D eigenvalue weighted by Crippen LogP contribution is 2.27. The summed E-state index contributed by atoms with van der Waals surface area (Å²) in [5, 5.41) is 18.5. The van der Waals surface area contributed by atoms with E-state index in [1.807, 2.05) is 0 Å². The third-order valence-electron chi connectivity index (χ3n) is 3.60. The van der Waals surface area contributed by atoms with Gasteiger partial charge >= 0.3 is 0 Å². The Kier molecular flexibility index (Phi) is 5.41. The fourth-order valence-corrected chi connectivity index (χ4v) is 2.45. The number of hydrogen-bond acceptors (Lipinski definition) is 5. The van der Waals surface area contributed by atoms with Crippen molar-refractivity contribution in [3.05, 3.63) is 23.8 Å². The van der Waals surface area contributed by atoms with Crippen LogP contribution in [0.2, 0.25) is 0 Å². The number of benzene rings is 1. The molecule has 6 nitrogen and oxygen atoms in total. The second kappa shape index (κ2) is 7.28. The van der Waals surface area contributed by atoms with Crippen molar-refractivity contribution >= 4 is 5.91 Å². The van der Waals surface area contributed by atoms with E-state index < -0.39 is 0 Å². The largest absolute Gasteiger partial charge is 0.504 e. The van der Waals surface area contributed by atoms with Gasteiger partial charge in [0.2, 0.25) is 0 Å². The molecule has 1 heterocycles. The highest BCUT2D eigenvalue weighted by molar-refractivity contribution is 5.95. The molecular formula is C15H21NO5. The first kappa shape index (κ1) is 15.6. The first-order valence-electron chi connectivity index (χ1n) is 7.04. The molecular weight excluding hydrogens is 274 g/mol. The van der Waals surface area contributed by atoms with Gasteiger partial charge in [0, 0.05) is 18.7 Å². The van der Waals surface area contributed by atoms with Crippen molar-refractivity contribution in [2.75, 3.05) is 33.4 Å².